The minimum atomic E-state index is -0.638. The lowest BCUT2D eigenvalue weighted by Crippen LogP contribution is -2.07. The molecule has 0 aliphatic rings. The molecular weight excluding hydrogens is 356 g/mol. The number of nitrogens with one attached hydrogen (secondary N) is 1. The van der Waals surface area contributed by atoms with E-state index in [2.05, 4.69) is 20.4 Å². The summed E-state index contributed by atoms with van der Waals surface area (Å²) in [4.78, 5) is 8.37. The van der Waals surface area contributed by atoms with Crippen molar-refractivity contribution in [1.29, 1.82) is 0 Å². The first-order valence-corrected chi connectivity index (χ1v) is 7.90. The fourth-order valence-corrected chi connectivity index (χ4v) is 2.51. The number of halogens is 3. The summed E-state index contributed by atoms with van der Waals surface area (Å²) in [6.45, 7) is 1.28. The van der Waals surface area contributed by atoms with Gasteiger partial charge in [0.15, 0.2) is 5.52 Å². The molecule has 6 nitrogen and oxygen atoms in total. The van der Waals surface area contributed by atoms with E-state index in [1.165, 1.54) is 10.9 Å². The Morgan fingerprint density at radius 3 is 2.88 bits per heavy atom. The quantitative estimate of drug-likeness (QED) is 0.719. The number of benzene rings is 1. The smallest absolute Gasteiger partial charge is 0.259 e. The Morgan fingerprint density at radius 1 is 1.29 bits per heavy atom. The maximum atomic E-state index is 14.0. The first-order chi connectivity index (χ1) is 11.6. The maximum Gasteiger partial charge on any atom is 0.259 e. The predicted octanol–water partition coefficient (Wildman–Crippen LogP) is 3.53. The first-order valence-electron chi connectivity index (χ1n) is 7.14. The van der Waals surface area contributed by atoms with Crippen LogP contribution in [0.15, 0.2) is 24.4 Å². The molecule has 2 heterocycles. The topological polar surface area (TPSA) is 64.9 Å². The average molecular weight is 370 g/mol. The Labute approximate surface area is 147 Å². The predicted molar refractivity (Wildman–Crippen MR) is 90.9 cm³/mol. The molecule has 2 aromatic heterocycles. The van der Waals surface area contributed by atoms with Crippen molar-refractivity contribution in [2.75, 3.05) is 19.0 Å². The normalized spacial score (nSPS) is 11.2. The number of hydrogen-bond donors (Lipinski definition) is 1. The van der Waals surface area contributed by atoms with E-state index in [0.29, 0.717) is 41.2 Å². The molecule has 0 aliphatic heterocycles. The van der Waals surface area contributed by atoms with Gasteiger partial charge in [-0.1, -0.05) is 29.3 Å². The van der Waals surface area contributed by atoms with Crippen LogP contribution in [0.25, 0.3) is 11.0 Å². The van der Waals surface area contributed by atoms with Gasteiger partial charge in [0, 0.05) is 13.7 Å². The number of rotatable bonds is 6. The third-order valence-corrected chi connectivity index (χ3v) is 4.13. The van der Waals surface area contributed by atoms with Gasteiger partial charge in [-0.05, 0) is 17.7 Å². The molecule has 0 saturated carbocycles. The van der Waals surface area contributed by atoms with Crippen LogP contribution in [0.3, 0.4) is 0 Å². The molecule has 3 rings (SSSR count). The van der Waals surface area contributed by atoms with Crippen LogP contribution in [-0.4, -0.2) is 33.5 Å². The van der Waals surface area contributed by atoms with Gasteiger partial charge in [-0.2, -0.15) is 4.39 Å². The van der Waals surface area contributed by atoms with Crippen molar-refractivity contribution >= 4 is 40.2 Å². The van der Waals surface area contributed by atoms with Crippen molar-refractivity contribution in [2.45, 2.75) is 13.1 Å². The van der Waals surface area contributed by atoms with Crippen molar-refractivity contribution in [3.63, 3.8) is 0 Å². The van der Waals surface area contributed by atoms with Gasteiger partial charge in [0.1, 0.15) is 5.52 Å². The van der Waals surface area contributed by atoms with Crippen LogP contribution in [0.2, 0.25) is 10.0 Å². The molecule has 0 radical (unpaired) electrons. The fraction of sp³-hybridized carbons (Fsp3) is 0.267. The Hall–Kier alpha value is -1.96. The highest BCUT2D eigenvalue weighted by atomic mass is 35.5. The Kier molecular flexibility index (Phi) is 5.13. The summed E-state index contributed by atoms with van der Waals surface area (Å²) >= 11 is 11.9. The van der Waals surface area contributed by atoms with E-state index in [1.54, 1.807) is 19.2 Å². The Bertz CT molecular complexity index is 870. The van der Waals surface area contributed by atoms with Gasteiger partial charge in [0.25, 0.3) is 5.95 Å². The fourth-order valence-electron chi connectivity index (χ4n) is 2.19. The highest BCUT2D eigenvalue weighted by Crippen LogP contribution is 2.23. The summed E-state index contributed by atoms with van der Waals surface area (Å²) in [5.74, 6) is -0.333. The van der Waals surface area contributed by atoms with Gasteiger partial charge in [-0.25, -0.2) is 9.97 Å². The van der Waals surface area contributed by atoms with Crippen molar-refractivity contribution < 1.29 is 9.13 Å². The largest absolute Gasteiger partial charge is 0.383 e. The highest BCUT2D eigenvalue weighted by Gasteiger charge is 2.13. The van der Waals surface area contributed by atoms with E-state index in [-0.39, 0.29) is 5.52 Å². The zero-order chi connectivity index (χ0) is 17.1. The second kappa shape index (κ2) is 7.29. The number of anilines is 1. The lowest BCUT2D eigenvalue weighted by atomic mass is 10.2. The molecular formula is C15H14Cl2FN5O. The molecule has 24 heavy (non-hydrogen) atoms. The first kappa shape index (κ1) is 16.9. The van der Waals surface area contributed by atoms with Gasteiger partial charge in [0.05, 0.1) is 29.4 Å². The number of hydrogen-bond acceptors (Lipinski definition) is 5. The summed E-state index contributed by atoms with van der Waals surface area (Å²) in [5.41, 5.74) is 1.59. The van der Waals surface area contributed by atoms with Crippen LogP contribution < -0.4 is 5.32 Å². The Morgan fingerprint density at radius 2 is 2.12 bits per heavy atom. The molecule has 0 amide bonds. The van der Waals surface area contributed by atoms with Crippen molar-refractivity contribution in [2.24, 2.45) is 0 Å². The number of methoxy groups -OCH3 is 1. The molecule has 0 bridgehead atoms. The second-order valence-corrected chi connectivity index (χ2v) is 5.85. The number of fused-ring (bicyclic) bond motifs is 1. The average Bonchev–Trinajstić information content (AvgIpc) is 2.90. The van der Waals surface area contributed by atoms with Crippen LogP contribution in [0.5, 0.6) is 0 Å². The van der Waals surface area contributed by atoms with E-state index in [0.717, 1.165) is 5.56 Å². The number of aromatic nitrogens is 4. The molecule has 0 aliphatic carbocycles. The summed E-state index contributed by atoms with van der Waals surface area (Å²) < 4.78 is 20.4. The zero-order valence-electron chi connectivity index (χ0n) is 12.8. The van der Waals surface area contributed by atoms with E-state index in [1.807, 2.05) is 6.07 Å². The lowest BCUT2D eigenvalue weighted by molar-refractivity contribution is 0.184. The van der Waals surface area contributed by atoms with Crippen molar-refractivity contribution in [3.05, 3.63) is 46.0 Å². The summed E-state index contributed by atoms with van der Waals surface area (Å²) in [6, 6.07) is 5.30. The zero-order valence-corrected chi connectivity index (χ0v) is 14.3. The van der Waals surface area contributed by atoms with Crippen LogP contribution in [0.1, 0.15) is 5.56 Å². The monoisotopic (exact) mass is 369 g/mol. The standard InChI is InChI=1S/C15H14Cl2FN5O/c1-24-5-4-23-12-8-20-15(21-13(12)14(18)22-23)19-7-9-2-3-10(16)11(17)6-9/h2-3,6,8H,4-5,7H2,1H3,(H,19,20,21). The van der Waals surface area contributed by atoms with Gasteiger partial charge in [-0.3, -0.25) is 4.68 Å². The van der Waals surface area contributed by atoms with Crippen molar-refractivity contribution in [1.82, 2.24) is 19.7 Å². The lowest BCUT2D eigenvalue weighted by Gasteiger charge is -2.06. The molecule has 126 valence electrons. The third kappa shape index (κ3) is 3.58. The summed E-state index contributed by atoms with van der Waals surface area (Å²) in [7, 11) is 1.57. The molecule has 0 fully saturated rings. The van der Waals surface area contributed by atoms with Gasteiger partial charge in [-0.15, -0.1) is 5.10 Å². The minimum absolute atomic E-state index is 0.165. The molecule has 9 heteroatoms. The van der Waals surface area contributed by atoms with Crippen LogP contribution in [-0.2, 0) is 17.8 Å². The van der Waals surface area contributed by atoms with Crippen LogP contribution in [0.4, 0.5) is 10.3 Å². The van der Waals surface area contributed by atoms with E-state index in [9.17, 15) is 4.39 Å². The molecule has 0 saturated heterocycles. The van der Waals surface area contributed by atoms with E-state index < -0.39 is 5.95 Å². The second-order valence-electron chi connectivity index (χ2n) is 5.04. The summed E-state index contributed by atoms with van der Waals surface area (Å²) in [6.07, 6.45) is 1.53. The molecule has 0 spiro atoms. The SMILES string of the molecule is COCCn1nc(F)c2nc(NCc3ccc(Cl)c(Cl)c3)ncc21. The molecule has 0 unspecified atom stereocenters. The van der Waals surface area contributed by atoms with E-state index >= 15 is 0 Å². The van der Waals surface area contributed by atoms with Gasteiger partial charge < -0.3 is 10.1 Å². The van der Waals surface area contributed by atoms with Crippen molar-refractivity contribution in [3.8, 4) is 0 Å². The third-order valence-electron chi connectivity index (χ3n) is 3.39. The van der Waals surface area contributed by atoms with Crippen LogP contribution in [0, 0.1) is 5.95 Å². The minimum Gasteiger partial charge on any atom is -0.383 e. The van der Waals surface area contributed by atoms with Gasteiger partial charge in [0.2, 0.25) is 5.95 Å². The molecule has 1 aromatic carbocycles. The molecule has 1 N–H and O–H groups in total. The molecule has 3 aromatic rings. The van der Waals surface area contributed by atoms with Gasteiger partial charge >= 0.3 is 0 Å². The number of nitrogens with zero attached hydrogens (tertiary/aromatic N) is 4. The van der Waals surface area contributed by atoms with E-state index in [4.69, 9.17) is 27.9 Å². The van der Waals surface area contributed by atoms with Crippen LogP contribution >= 0.6 is 23.2 Å². The highest BCUT2D eigenvalue weighted by molar-refractivity contribution is 6.42. The number of ether oxygens (including phenoxy) is 1. The molecule has 0 atom stereocenters. The summed E-state index contributed by atoms with van der Waals surface area (Å²) in [5, 5.41) is 7.80. The Balaban J connectivity index is 1.78. The maximum absolute atomic E-state index is 14.0.